The maximum atomic E-state index is 9.81. The number of halogens is 3. The van der Waals surface area contributed by atoms with Crippen LogP contribution in [-0.2, 0) is 0 Å². The molecule has 0 heterocycles. The second kappa shape index (κ2) is 5.91. The van der Waals surface area contributed by atoms with Crippen molar-refractivity contribution in [2.45, 2.75) is 13.0 Å². The van der Waals surface area contributed by atoms with E-state index < -0.39 is 0 Å². The van der Waals surface area contributed by atoms with Crippen LogP contribution in [0, 0.1) is 0 Å². The van der Waals surface area contributed by atoms with Gasteiger partial charge in [0, 0.05) is 10.6 Å². The maximum absolute atomic E-state index is 9.81. The van der Waals surface area contributed by atoms with Gasteiger partial charge in [-0.1, -0.05) is 53.0 Å². The Morgan fingerprint density at radius 2 is 1.63 bits per heavy atom. The lowest BCUT2D eigenvalue weighted by molar-refractivity contribution is 0.465. The molecule has 1 unspecified atom stereocenters. The van der Waals surface area contributed by atoms with Crippen molar-refractivity contribution in [1.82, 2.24) is 0 Å². The largest absolute Gasteiger partial charge is 0.508 e. The smallest absolute Gasteiger partial charge is 0.120 e. The maximum Gasteiger partial charge on any atom is 0.120 e. The molecule has 0 aromatic heterocycles. The molecule has 5 heteroatoms. The lowest BCUT2D eigenvalue weighted by Gasteiger charge is -2.19. The van der Waals surface area contributed by atoms with Crippen LogP contribution in [0.1, 0.15) is 18.5 Å². The highest BCUT2D eigenvalue weighted by molar-refractivity contribution is 6.41. The van der Waals surface area contributed by atoms with Crippen molar-refractivity contribution in [2.24, 2.45) is 0 Å². The number of phenols is 1. The SMILES string of the molecule is CC(Nc1c(Cl)cc(Cl)cc1Cl)c1ccccc1O. The molecule has 0 radical (unpaired) electrons. The molecule has 0 bridgehead atoms. The van der Waals surface area contributed by atoms with Crippen molar-refractivity contribution in [2.75, 3.05) is 5.32 Å². The number of aromatic hydroxyl groups is 1. The summed E-state index contributed by atoms with van der Waals surface area (Å²) in [7, 11) is 0. The van der Waals surface area contributed by atoms with E-state index in [1.54, 1.807) is 24.3 Å². The van der Waals surface area contributed by atoms with Crippen LogP contribution in [0.5, 0.6) is 5.75 Å². The van der Waals surface area contributed by atoms with Crippen molar-refractivity contribution in [3.05, 3.63) is 57.0 Å². The monoisotopic (exact) mass is 315 g/mol. The molecule has 0 saturated heterocycles. The highest BCUT2D eigenvalue weighted by atomic mass is 35.5. The van der Waals surface area contributed by atoms with E-state index in [4.69, 9.17) is 34.8 Å². The number of benzene rings is 2. The summed E-state index contributed by atoms with van der Waals surface area (Å²) in [4.78, 5) is 0. The molecule has 0 fully saturated rings. The first kappa shape index (κ1) is 14.3. The van der Waals surface area contributed by atoms with Gasteiger partial charge in [0.1, 0.15) is 5.75 Å². The molecule has 2 N–H and O–H groups in total. The fraction of sp³-hybridized carbons (Fsp3) is 0.143. The lowest BCUT2D eigenvalue weighted by Crippen LogP contribution is -2.07. The van der Waals surface area contributed by atoms with Crippen LogP contribution >= 0.6 is 34.8 Å². The molecule has 0 aliphatic rings. The van der Waals surface area contributed by atoms with Crippen LogP contribution in [0.3, 0.4) is 0 Å². The fourth-order valence-electron chi connectivity index (χ4n) is 1.83. The Morgan fingerprint density at radius 1 is 1.05 bits per heavy atom. The molecule has 1 atom stereocenters. The topological polar surface area (TPSA) is 32.3 Å². The molecule has 2 aromatic rings. The van der Waals surface area contributed by atoms with E-state index in [0.29, 0.717) is 20.8 Å². The summed E-state index contributed by atoms with van der Waals surface area (Å²) in [5.41, 5.74) is 1.37. The van der Waals surface area contributed by atoms with Gasteiger partial charge in [0.25, 0.3) is 0 Å². The number of para-hydroxylation sites is 1. The van der Waals surface area contributed by atoms with E-state index >= 15 is 0 Å². The molecule has 2 rings (SSSR count). The summed E-state index contributed by atoms with van der Waals surface area (Å²) in [5.74, 6) is 0.226. The Kier molecular flexibility index (Phi) is 4.46. The average Bonchev–Trinajstić information content (AvgIpc) is 2.34. The number of phenolic OH excluding ortho intramolecular Hbond substituents is 1. The van der Waals surface area contributed by atoms with Crippen LogP contribution in [0.25, 0.3) is 0 Å². The van der Waals surface area contributed by atoms with Gasteiger partial charge in [0.15, 0.2) is 0 Å². The lowest BCUT2D eigenvalue weighted by atomic mass is 10.1. The third-order valence-corrected chi connectivity index (χ3v) is 3.59. The second-order valence-electron chi connectivity index (χ2n) is 4.17. The van der Waals surface area contributed by atoms with Crippen LogP contribution in [0.15, 0.2) is 36.4 Å². The van der Waals surface area contributed by atoms with E-state index in [-0.39, 0.29) is 11.8 Å². The quantitative estimate of drug-likeness (QED) is 0.780. The van der Waals surface area contributed by atoms with Crippen molar-refractivity contribution in [3.63, 3.8) is 0 Å². The number of hydrogen-bond acceptors (Lipinski definition) is 2. The minimum absolute atomic E-state index is 0.141. The van der Waals surface area contributed by atoms with Crippen molar-refractivity contribution in [3.8, 4) is 5.75 Å². The van der Waals surface area contributed by atoms with Crippen LogP contribution < -0.4 is 5.32 Å². The normalized spacial score (nSPS) is 12.2. The summed E-state index contributed by atoms with van der Waals surface area (Å²) in [6, 6.07) is 10.2. The molecule has 2 nitrogen and oxygen atoms in total. The van der Waals surface area contributed by atoms with Gasteiger partial charge in [-0.15, -0.1) is 0 Å². The van der Waals surface area contributed by atoms with Gasteiger partial charge in [0.05, 0.1) is 21.8 Å². The van der Waals surface area contributed by atoms with E-state index in [1.165, 1.54) is 0 Å². The molecule has 0 saturated carbocycles. The highest BCUT2D eigenvalue weighted by Gasteiger charge is 2.14. The Bertz CT molecular complexity index is 578. The number of hydrogen-bond donors (Lipinski definition) is 2. The predicted octanol–water partition coefficient (Wildman–Crippen LogP) is 5.53. The third kappa shape index (κ3) is 3.27. The van der Waals surface area contributed by atoms with Crippen molar-refractivity contribution < 1.29 is 5.11 Å². The van der Waals surface area contributed by atoms with Crippen LogP contribution in [0.2, 0.25) is 15.1 Å². The molecule has 0 amide bonds. The molecular formula is C14H12Cl3NO. The van der Waals surface area contributed by atoms with Gasteiger partial charge in [-0.2, -0.15) is 0 Å². The Labute approximate surface area is 126 Å². The summed E-state index contributed by atoms with van der Waals surface area (Å²) >= 11 is 18.1. The van der Waals surface area contributed by atoms with Crippen molar-refractivity contribution in [1.29, 1.82) is 0 Å². The van der Waals surface area contributed by atoms with Gasteiger partial charge in [-0.05, 0) is 25.1 Å². The van der Waals surface area contributed by atoms with Crippen LogP contribution in [0.4, 0.5) is 5.69 Å². The second-order valence-corrected chi connectivity index (χ2v) is 5.42. The molecular weight excluding hydrogens is 305 g/mol. The average molecular weight is 317 g/mol. The summed E-state index contributed by atoms with van der Waals surface area (Å²) in [6.45, 7) is 1.91. The Hall–Kier alpha value is -1.09. The minimum atomic E-state index is -0.141. The van der Waals surface area contributed by atoms with Gasteiger partial charge in [-0.3, -0.25) is 0 Å². The van der Waals surface area contributed by atoms with E-state index in [9.17, 15) is 5.11 Å². The number of anilines is 1. The van der Waals surface area contributed by atoms with E-state index in [2.05, 4.69) is 5.32 Å². The fourth-order valence-corrected chi connectivity index (χ4v) is 2.75. The van der Waals surface area contributed by atoms with Gasteiger partial charge >= 0.3 is 0 Å². The molecule has 0 aliphatic heterocycles. The standard InChI is InChI=1S/C14H12Cl3NO/c1-8(10-4-2-3-5-13(10)19)18-14-11(16)6-9(15)7-12(14)17/h2-8,18-19H,1H3. The van der Waals surface area contributed by atoms with Crippen molar-refractivity contribution >= 4 is 40.5 Å². The molecule has 0 spiro atoms. The number of rotatable bonds is 3. The highest BCUT2D eigenvalue weighted by Crippen LogP contribution is 2.36. The molecule has 0 aliphatic carbocycles. The van der Waals surface area contributed by atoms with Gasteiger partial charge < -0.3 is 10.4 Å². The minimum Gasteiger partial charge on any atom is -0.508 e. The summed E-state index contributed by atoms with van der Waals surface area (Å²) < 4.78 is 0. The number of nitrogens with one attached hydrogen (secondary N) is 1. The van der Waals surface area contributed by atoms with E-state index in [0.717, 1.165) is 5.56 Å². The van der Waals surface area contributed by atoms with Gasteiger partial charge in [-0.25, -0.2) is 0 Å². The first-order valence-corrected chi connectivity index (χ1v) is 6.81. The predicted molar refractivity (Wildman–Crippen MR) is 81.6 cm³/mol. The Balaban J connectivity index is 2.29. The molecule has 100 valence electrons. The zero-order valence-corrected chi connectivity index (χ0v) is 12.4. The van der Waals surface area contributed by atoms with Crippen LogP contribution in [-0.4, -0.2) is 5.11 Å². The Morgan fingerprint density at radius 3 is 2.21 bits per heavy atom. The molecule has 19 heavy (non-hydrogen) atoms. The zero-order chi connectivity index (χ0) is 14.0. The first-order valence-electron chi connectivity index (χ1n) is 5.68. The zero-order valence-electron chi connectivity index (χ0n) is 10.1. The van der Waals surface area contributed by atoms with E-state index in [1.807, 2.05) is 19.1 Å². The van der Waals surface area contributed by atoms with Gasteiger partial charge in [0.2, 0.25) is 0 Å². The first-order chi connectivity index (χ1) is 8.99. The summed E-state index contributed by atoms with van der Waals surface area (Å²) in [5, 5.41) is 14.4. The third-order valence-electron chi connectivity index (χ3n) is 2.77. The summed E-state index contributed by atoms with van der Waals surface area (Å²) in [6.07, 6.45) is 0. The molecule has 2 aromatic carbocycles.